The molecule has 0 saturated heterocycles. The quantitative estimate of drug-likeness (QED) is 0.0621. The summed E-state index contributed by atoms with van der Waals surface area (Å²) >= 11 is 7.47. The summed E-state index contributed by atoms with van der Waals surface area (Å²) in [4.78, 5) is 64.3. The first-order valence-electron chi connectivity index (χ1n) is 19.5. The van der Waals surface area contributed by atoms with Crippen LogP contribution in [0.1, 0.15) is 104 Å². The Labute approximate surface area is 324 Å². The van der Waals surface area contributed by atoms with E-state index in [0.29, 0.717) is 32.3 Å². The van der Waals surface area contributed by atoms with Crippen LogP contribution in [0.4, 0.5) is 4.79 Å². The van der Waals surface area contributed by atoms with Crippen LogP contribution in [0.5, 0.6) is 5.75 Å². The lowest BCUT2D eigenvalue weighted by atomic mass is 9.52. The highest BCUT2D eigenvalue weighted by Crippen LogP contribution is 2.68. The molecule has 54 heavy (non-hydrogen) atoms. The number of alkyl halides is 1. The minimum atomic E-state index is -1.72. The van der Waals surface area contributed by atoms with Crippen molar-refractivity contribution >= 4 is 41.3 Å². The van der Waals surface area contributed by atoms with Gasteiger partial charge in [-0.3, -0.25) is 19.2 Å². The lowest BCUT2D eigenvalue weighted by Gasteiger charge is -2.58. The molecule has 1 aromatic carbocycles. The molecule has 2 fully saturated rings. The smallest absolute Gasteiger partial charge is 0.465 e. The lowest BCUT2D eigenvalue weighted by molar-refractivity contribution is -0.201. The zero-order valence-electron chi connectivity index (χ0n) is 32.4. The first-order chi connectivity index (χ1) is 25.6. The number of unbranched alkanes of at least 4 members (excludes halogenated alkanes) is 3. The van der Waals surface area contributed by atoms with E-state index in [-0.39, 0.29) is 48.5 Å². The van der Waals surface area contributed by atoms with Gasteiger partial charge in [0.05, 0.1) is 17.6 Å². The van der Waals surface area contributed by atoms with Gasteiger partial charge in [0, 0.05) is 17.8 Å². The maximum Gasteiger partial charge on any atom is 0.514 e. The summed E-state index contributed by atoms with van der Waals surface area (Å²) < 4.78 is 22.3. The van der Waals surface area contributed by atoms with E-state index in [4.69, 9.17) is 36.3 Å². The SMILES string of the molecule is CCCCCOC(=O)C(N)Cc1ccc(OC(=O)OCC(=O)C2(OC(=O)CCCC)C(C)CC3C4CCC=CC(=O)C=CC(C)C4(Cl)C(O)CC32C)cc1. The normalized spacial score (nSPS) is 31.1. The largest absolute Gasteiger partial charge is 0.514 e. The average Bonchev–Trinajstić information content (AvgIpc) is 3.35. The highest BCUT2D eigenvalue weighted by Gasteiger charge is 2.74. The maximum absolute atomic E-state index is 14.5. The van der Waals surface area contributed by atoms with E-state index in [2.05, 4.69) is 6.92 Å². The molecule has 9 unspecified atom stereocenters. The molecule has 3 aliphatic carbocycles. The molecule has 3 aliphatic rings. The number of carbonyl (C=O) groups is 5. The summed E-state index contributed by atoms with van der Waals surface area (Å²) in [5, 5.41) is 11.9. The Balaban J connectivity index is 1.51. The Morgan fingerprint density at radius 1 is 1.00 bits per heavy atom. The minimum absolute atomic E-state index is 0.0494. The van der Waals surface area contributed by atoms with Gasteiger partial charge in [0.2, 0.25) is 5.78 Å². The second-order valence-electron chi connectivity index (χ2n) is 15.6. The van der Waals surface area contributed by atoms with E-state index in [9.17, 15) is 29.1 Å². The molecule has 298 valence electrons. The van der Waals surface area contributed by atoms with Gasteiger partial charge in [-0.2, -0.15) is 0 Å². The molecule has 0 aromatic heterocycles. The monoisotopic (exact) mass is 771 g/mol. The number of esters is 2. The molecule has 0 spiro atoms. The summed E-state index contributed by atoms with van der Waals surface area (Å²) in [6.45, 7) is 9.24. The lowest BCUT2D eigenvalue weighted by Crippen LogP contribution is -2.66. The maximum atomic E-state index is 14.5. The Morgan fingerprint density at radius 2 is 1.70 bits per heavy atom. The van der Waals surface area contributed by atoms with Crippen LogP contribution in [0.15, 0.2) is 48.6 Å². The summed E-state index contributed by atoms with van der Waals surface area (Å²) in [6.07, 6.45) is 10.3. The molecule has 0 aliphatic heterocycles. The molecule has 0 radical (unpaired) electrons. The van der Waals surface area contributed by atoms with Crippen molar-refractivity contribution in [3.05, 3.63) is 54.1 Å². The summed E-state index contributed by atoms with van der Waals surface area (Å²) in [5.74, 6) is -3.05. The number of aliphatic hydroxyl groups excluding tert-OH is 1. The Bertz CT molecular complexity index is 1560. The summed E-state index contributed by atoms with van der Waals surface area (Å²) in [6, 6.07) is 5.55. The van der Waals surface area contributed by atoms with Crippen molar-refractivity contribution in [1.29, 1.82) is 0 Å². The fourth-order valence-electron chi connectivity index (χ4n) is 9.09. The third kappa shape index (κ3) is 9.28. The molecule has 0 heterocycles. The van der Waals surface area contributed by atoms with Gasteiger partial charge in [0.1, 0.15) is 11.8 Å². The predicted molar refractivity (Wildman–Crippen MR) is 204 cm³/mol. The van der Waals surface area contributed by atoms with Gasteiger partial charge in [-0.05, 0) is 92.5 Å². The van der Waals surface area contributed by atoms with Crippen molar-refractivity contribution in [2.24, 2.45) is 34.8 Å². The van der Waals surface area contributed by atoms with Crippen LogP contribution in [0.3, 0.4) is 0 Å². The van der Waals surface area contributed by atoms with Crippen LogP contribution >= 0.6 is 11.6 Å². The summed E-state index contributed by atoms with van der Waals surface area (Å²) in [5.41, 5.74) is 3.98. The van der Waals surface area contributed by atoms with Crippen LogP contribution in [0.25, 0.3) is 0 Å². The van der Waals surface area contributed by atoms with Crippen LogP contribution in [0.2, 0.25) is 0 Å². The molecule has 11 nitrogen and oxygen atoms in total. The number of hydrogen-bond acceptors (Lipinski definition) is 11. The van der Waals surface area contributed by atoms with Crippen LogP contribution in [-0.4, -0.2) is 70.6 Å². The van der Waals surface area contributed by atoms with E-state index >= 15 is 0 Å². The number of nitrogens with two attached hydrogens (primary N) is 1. The predicted octanol–water partition coefficient (Wildman–Crippen LogP) is 6.98. The third-order valence-corrected chi connectivity index (χ3v) is 12.8. The molecular weight excluding hydrogens is 714 g/mol. The van der Waals surface area contributed by atoms with Gasteiger partial charge < -0.3 is 29.8 Å². The van der Waals surface area contributed by atoms with Crippen molar-refractivity contribution < 1.29 is 48.0 Å². The number of allylic oxidation sites excluding steroid dienone is 4. The topological polar surface area (TPSA) is 169 Å². The van der Waals surface area contributed by atoms with Crippen molar-refractivity contribution in [1.82, 2.24) is 0 Å². The van der Waals surface area contributed by atoms with Crippen LogP contribution in [-0.2, 0) is 39.8 Å². The number of rotatable bonds is 15. The van der Waals surface area contributed by atoms with Crippen LogP contribution in [0, 0.1) is 29.1 Å². The zero-order chi connectivity index (χ0) is 39.7. The van der Waals surface area contributed by atoms with Gasteiger partial charge in [0.25, 0.3) is 0 Å². The molecule has 1 aromatic rings. The molecule has 12 heteroatoms. The average molecular weight is 772 g/mol. The number of halogens is 1. The van der Waals surface area contributed by atoms with Gasteiger partial charge >= 0.3 is 18.1 Å². The summed E-state index contributed by atoms with van der Waals surface area (Å²) in [7, 11) is 0. The van der Waals surface area contributed by atoms with Gasteiger partial charge in [0.15, 0.2) is 18.0 Å². The molecule has 9 atom stereocenters. The third-order valence-electron chi connectivity index (χ3n) is 11.9. The van der Waals surface area contributed by atoms with Crippen molar-refractivity contribution in [2.45, 2.75) is 128 Å². The number of Topliss-reactive ketones (excluding diaryl/α,β-unsaturated/α-hetero) is 1. The number of carbonyl (C=O) groups excluding carboxylic acids is 5. The second-order valence-corrected chi connectivity index (χ2v) is 16.2. The van der Waals surface area contributed by atoms with E-state index in [0.717, 1.165) is 31.2 Å². The van der Waals surface area contributed by atoms with Gasteiger partial charge in [-0.1, -0.05) is 78.2 Å². The van der Waals surface area contributed by atoms with Gasteiger partial charge in [-0.25, -0.2) is 4.79 Å². The number of hydrogen-bond donors (Lipinski definition) is 2. The van der Waals surface area contributed by atoms with E-state index < -0.39 is 64.4 Å². The molecule has 0 bridgehead atoms. The fraction of sp³-hybridized carbons (Fsp3) is 0.643. The van der Waals surface area contributed by atoms with Crippen molar-refractivity contribution in [2.75, 3.05) is 13.2 Å². The number of benzene rings is 1. The molecular formula is C42H58ClNO10. The van der Waals surface area contributed by atoms with E-state index in [1.165, 1.54) is 24.3 Å². The molecule has 0 amide bonds. The first-order valence-corrected chi connectivity index (χ1v) is 19.9. The minimum Gasteiger partial charge on any atom is -0.465 e. The highest BCUT2D eigenvalue weighted by molar-refractivity contribution is 6.25. The molecule has 2 saturated carbocycles. The van der Waals surface area contributed by atoms with Crippen molar-refractivity contribution in [3.8, 4) is 5.75 Å². The van der Waals surface area contributed by atoms with Crippen molar-refractivity contribution in [3.63, 3.8) is 0 Å². The number of ketones is 2. The fourth-order valence-corrected chi connectivity index (χ4v) is 9.50. The number of fused-ring (bicyclic) bond motifs is 3. The van der Waals surface area contributed by atoms with Gasteiger partial charge in [-0.15, -0.1) is 11.6 Å². The number of aliphatic hydroxyl groups is 1. The van der Waals surface area contributed by atoms with E-state index in [1.807, 2.05) is 27.7 Å². The highest BCUT2D eigenvalue weighted by atomic mass is 35.5. The zero-order valence-corrected chi connectivity index (χ0v) is 33.1. The Hall–Kier alpha value is -3.54. The van der Waals surface area contributed by atoms with Crippen LogP contribution < -0.4 is 10.5 Å². The number of ether oxygens (including phenoxy) is 4. The standard InChI is InChI=1S/C42H58ClNO10/c1-6-8-12-22-51-38(49)34(44)24-29-17-20-31(21-18-29)53-39(50)52-26-36(47)42(54-37(48)15-9-7-2)28(4)23-33-32-14-11-10-13-30(45)19-16-27(3)41(32,43)35(46)25-40(33,42)5/h10,13,16-21,27-28,32-35,46H,6-9,11-12,14-15,22-26,44H2,1-5H3. The Kier molecular flexibility index (Phi) is 15.1. The Morgan fingerprint density at radius 3 is 2.39 bits per heavy atom. The second kappa shape index (κ2) is 18.9. The molecule has 4 rings (SSSR count). The van der Waals surface area contributed by atoms with E-state index in [1.54, 1.807) is 24.3 Å². The molecule has 3 N–H and O–H groups in total. The first kappa shape index (κ1) is 43.2.